The van der Waals surface area contributed by atoms with E-state index in [1.165, 1.54) is 38.5 Å². The molecule has 2 nitrogen and oxygen atoms in total. The molecular weight excluding hydrogens is 210 g/mol. The van der Waals surface area contributed by atoms with E-state index in [1.54, 1.807) is 7.11 Å². The summed E-state index contributed by atoms with van der Waals surface area (Å²) in [7, 11) is 1.80. The van der Waals surface area contributed by atoms with Gasteiger partial charge in [-0.2, -0.15) is 0 Å². The summed E-state index contributed by atoms with van der Waals surface area (Å²) in [6, 6.07) is 1.13. The second-order valence-corrected chi connectivity index (χ2v) is 6.01. The van der Waals surface area contributed by atoms with Crippen LogP contribution in [0, 0.1) is 11.8 Å². The number of rotatable bonds is 6. The van der Waals surface area contributed by atoms with Crippen molar-refractivity contribution in [3.63, 3.8) is 0 Å². The highest BCUT2D eigenvalue weighted by atomic mass is 16.5. The van der Waals surface area contributed by atoms with Crippen LogP contribution in [0.4, 0.5) is 0 Å². The molecule has 0 saturated heterocycles. The summed E-state index contributed by atoms with van der Waals surface area (Å²) < 4.78 is 5.32. The molecule has 1 N–H and O–H groups in total. The van der Waals surface area contributed by atoms with Gasteiger partial charge in [0.2, 0.25) is 0 Å². The third-order valence-corrected chi connectivity index (χ3v) is 4.23. The summed E-state index contributed by atoms with van der Waals surface area (Å²) in [5.74, 6) is 1.51. The third kappa shape index (κ3) is 5.39. The second kappa shape index (κ2) is 8.10. The Hall–Kier alpha value is -0.0800. The van der Waals surface area contributed by atoms with Crippen LogP contribution in [0.15, 0.2) is 0 Å². The molecule has 102 valence electrons. The van der Waals surface area contributed by atoms with E-state index in [0.717, 1.165) is 12.5 Å². The van der Waals surface area contributed by atoms with Crippen LogP contribution in [0.25, 0.3) is 0 Å². The Morgan fingerprint density at radius 1 is 1.06 bits per heavy atom. The van der Waals surface area contributed by atoms with Gasteiger partial charge in [0.15, 0.2) is 0 Å². The average Bonchev–Trinajstić information content (AvgIpc) is 2.56. The second-order valence-electron chi connectivity index (χ2n) is 6.01. The monoisotopic (exact) mass is 241 g/mol. The predicted octanol–water partition coefficient (Wildman–Crippen LogP) is 3.61. The lowest BCUT2D eigenvalue weighted by atomic mass is 9.91. The molecule has 0 bridgehead atoms. The van der Waals surface area contributed by atoms with Crippen molar-refractivity contribution in [3.05, 3.63) is 0 Å². The zero-order valence-corrected chi connectivity index (χ0v) is 12.2. The first-order valence-corrected chi connectivity index (χ1v) is 7.40. The van der Waals surface area contributed by atoms with E-state index in [1.807, 2.05) is 0 Å². The molecule has 0 spiro atoms. The maximum absolute atomic E-state index is 5.32. The first-order valence-electron chi connectivity index (χ1n) is 7.40. The highest BCUT2D eigenvalue weighted by molar-refractivity contribution is 4.80. The van der Waals surface area contributed by atoms with Gasteiger partial charge in [-0.25, -0.2) is 0 Å². The molecule has 1 saturated carbocycles. The Labute approximate surface area is 108 Å². The van der Waals surface area contributed by atoms with Crippen molar-refractivity contribution < 1.29 is 4.74 Å². The third-order valence-electron chi connectivity index (χ3n) is 4.23. The van der Waals surface area contributed by atoms with E-state index >= 15 is 0 Å². The number of methoxy groups -OCH3 is 1. The van der Waals surface area contributed by atoms with E-state index in [2.05, 4.69) is 26.1 Å². The Balaban J connectivity index is 2.41. The predicted molar refractivity (Wildman–Crippen MR) is 74.3 cm³/mol. The minimum Gasteiger partial charge on any atom is -0.383 e. The van der Waals surface area contributed by atoms with Gasteiger partial charge in [0.1, 0.15) is 0 Å². The van der Waals surface area contributed by atoms with E-state index in [-0.39, 0.29) is 0 Å². The lowest BCUT2D eigenvalue weighted by Gasteiger charge is -2.30. The summed E-state index contributed by atoms with van der Waals surface area (Å²) in [6.07, 6.45) is 8.54. The van der Waals surface area contributed by atoms with Gasteiger partial charge in [-0.15, -0.1) is 0 Å². The van der Waals surface area contributed by atoms with Crippen molar-refractivity contribution >= 4 is 0 Å². The Morgan fingerprint density at radius 3 is 2.12 bits per heavy atom. The van der Waals surface area contributed by atoms with Crippen molar-refractivity contribution in [2.45, 2.75) is 71.4 Å². The molecule has 2 atom stereocenters. The Kier molecular flexibility index (Phi) is 7.14. The van der Waals surface area contributed by atoms with Gasteiger partial charge in [-0.05, 0) is 31.6 Å². The van der Waals surface area contributed by atoms with Gasteiger partial charge in [-0.1, -0.05) is 39.5 Å². The van der Waals surface area contributed by atoms with Crippen molar-refractivity contribution in [3.8, 4) is 0 Å². The Bertz CT molecular complexity index is 185. The van der Waals surface area contributed by atoms with Crippen LogP contribution in [-0.4, -0.2) is 25.8 Å². The van der Waals surface area contributed by atoms with Crippen LogP contribution in [0.2, 0.25) is 0 Å². The molecule has 0 amide bonds. The van der Waals surface area contributed by atoms with Crippen LogP contribution in [-0.2, 0) is 4.74 Å². The molecule has 17 heavy (non-hydrogen) atoms. The zero-order valence-electron chi connectivity index (χ0n) is 12.2. The quantitative estimate of drug-likeness (QED) is 0.717. The topological polar surface area (TPSA) is 21.3 Å². The molecule has 0 heterocycles. The average molecular weight is 241 g/mol. The molecule has 1 unspecified atom stereocenters. The number of ether oxygens (including phenoxy) is 1. The van der Waals surface area contributed by atoms with Crippen molar-refractivity contribution in [2.75, 3.05) is 13.7 Å². The summed E-state index contributed by atoms with van der Waals surface area (Å²) in [5.41, 5.74) is 0. The first-order chi connectivity index (χ1) is 8.15. The molecule has 0 aliphatic heterocycles. The molecule has 0 aromatic carbocycles. The van der Waals surface area contributed by atoms with E-state index < -0.39 is 0 Å². The van der Waals surface area contributed by atoms with Gasteiger partial charge in [-0.3, -0.25) is 0 Å². The number of nitrogens with one attached hydrogen (secondary N) is 1. The molecular formula is C15H31NO. The van der Waals surface area contributed by atoms with Crippen LogP contribution >= 0.6 is 0 Å². The Morgan fingerprint density at radius 2 is 1.65 bits per heavy atom. The van der Waals surface area contributed by atoms with Gasteiger partial charge in [0.25, 0.3) is 0 Å². The lowest BCUT2D eigenvalue weighted by molar-refractivity contribution is 0.133. The maximum atomic E-state index is 5.32. The molecule has 1 aliphatic rings. The van der Waals surface area contributed by atoms with Crippen LogP contribution in [0.5, 0.6) is 0 Å². The highest BCUT2D eigenvalue weighted by Gasteiger charge is 2.22. The molecule has 0 aromatic rings. The SMILES string of the molecule is COCC(N[C@@H](C)C1CCCCCC1)C(C)C. The molecule has 0 radical (unpaired) electrons. The fourth-order valence-corrected chi connectivity index (χ4v) is 2.90. The lowest BCUT2D eigenvalue weighted by Crippen LogP contribution is -2.45. The van der Waals surface area contributed by atoms with Crippen LogP contribution in [0.3, 0.4) is 0 Å². The summed E-state index contributed by atoms with van der Waals surface area (Å²) in [5, 5.41) is 3.79. The minimum atomic E-state index is 0.498. The van der Waals surface area contributed by atoms with E-state index in [0.29, 0.717) is 18.0 Å². The fourth-order valence-electron chi connectivity index (χ4n) is 2.90. The largest absolute Gasteiger partial charge is 0.383 e. The molecule has 0 aromatic heterocycles. The molecule has 1 rings (SSSR count). The van der Waals surface area contributed by atoms with E-state index in [4.69, 9.17) is 4.74 Å². The minimum absolute atomic E-state index is 0.498. The summed E-state index contributed by atoms with van der Waals surface area (Å²) >= 11 is 0. The van der Waals surface area contributed by atoms with Gasteiger partial charge in [0.05, 0.1) is 6.61 Å². The highest BCUT2D eigenvalue weighted by Crippen LogP contribution is 2.26. The summed E-state index contributed by atoms with van der Waals surface area (Å²) in [4.78, 5) is 0. The smallest absolute Gasteiger partial charge is 0.0618 e. The zero-order chi connectivity index (χ0) is 12.7. The molecule has 1 aliphatic carbocycles. The van der Waals surface area contributed by atoms with Crippen molar-refractivity contribution in [2.24, 2.45) is 11.8 Å². The number of hydrogen-bond donors (Lipinski definition) is 1. The van der Waals surface area contributed by atoms with Crippen molar-refractivity contribution in [1.29, 1.82) is 0 Å². The maximum Gasteiger partial charge on any atom is 0.0618 e. The van der Waals surface area contributed by atoms with Gasteiger partial charge < -0.3 is 10.1 Å². The van der Waals surface area contributed by atoms with Crippen LogP contribution in [0.1, 0.15) is 59.3 Å². The molecule has 2 heteroatoms. The number of hydrogen-bond acceptors (Lipinski definition) is 2. The first kappa shape index (κ1) is 15.0. The van der Waals surface area contributed by atoms with Crippen molar-refractivity contribution in [1.82, 2.24) is 5.32 Å². The van der Waals surface area contributed by atoms with Gasteiger partial charge >= 0.3 is 0 Å². The summed E-state index contributed by atoms with van der Waals surface area (Å²) in [6.45, 7) is 7.74. The standard InChI is InChI=1S/C15H31NO/c1-12(2)15(11-17-4)16-13(3)14-9-7-5-6-8-10-14/h12-16H,5-11H2,1-4H3/t13-,15?/m0/s1. The van der Waals surface area contributed by atoms with Gasteiger partial charge in [0, 0.05) is 19.2 Å². The fraction of sp³-hybridized carbons (Fsp3) is 1.00. The van der Waals surface area contributed by atoms with Crippen LogP contribution < -0.4 is 5.32 Å². The molecule has 1 fully saturated rings. The van der Waals surface area contributed by atoms with E-state index in [9.17, 15) is 0 Å². The normalized spacial score (nSPS) is 22.4.